The number of benzene rings is 2. The van der Waals surface area contributed by atoms with E-state index in [-0.39, 0.29) is 22.1 Å². The van der Waals surface area contributed by atoms with Crippen LogP contribution in [0.15, 0.2) is 36.4 Å². The summed E-state index contributed by atoms with van der Waals surface area (Å²) in [4.78, 5) is 11.1. The van der Waals surface area contributed by atoms with Crippen LogP contribution in [-0.2, 0) is 0 Å². The first kappa shape index (κ1) is 14.1. The summed E-state index contributed by atoms with van der Waals surface area (Å²) in [7, 11) is 1.43. The third-order valence-electron chi connectivity index (χ3n) is 2.56. The molecule has 1 N–H and O–H groups in total. The van der Waals surface area contributed by atoms with Crippen molar-refractivity contribution in [3.8, 4) is 17.2 Å². The molecule has 0 spiro atoms. The van der Waals surface area contributed by atoms with Crippen molar-refractivity contribution in [2.24, 2.45) is 0 Å². The Hall–Kier alpha value is -2.27. The van der Waals surface area contributed by atoms with E-state index >= 15 is 0 Å². The third-order valence-corrected chi connectivity index (χ3v) is 2.85. The van der Waals surface area contributed by atoms with Crippen molar-refractivity contribution >= 4 is 17.6 Å². The lowest BCUT2D eigenvalue weighted by molar-refractivity contribution is 0.0694. The second kappa shape index (κ2) is 5.79. The van der Waals surface area contributed by atoms with E-state index in [0.717, 1.165) is 0 Å². The molecule has 0 amide bonds. The van der Waals surface area contributed by atoms with Crippen molar-refractivity contribution in [3.63, 3.8) is 0 Å². The van der Waals surface area contributed by atoms with Gasteiger partial charge in [0, 0.05) is 6.07 Å². The molecule has 0 aliphatic carbocycles. The summed E-state index contributed by atoms with van der Waals surface area (Å²) in [5.74, 6) is -1.74. The van der Waals surface area contributed by atoms with Crippen LogP contribution < -0.4 is 9.47 Å². The van der Waals surface area contributed by atoms with Crippen molar-refractivity contribution < 1.29 is 23.8 Å². The Morgan fingerprint density at radius 2 is 2.00 bits per heavy atom. The van der Waals surface area contributed by atoms with Crippen LogP contribution in [0.4, 0.5) is 4.39 Å². The van der Waals surface area contributed by atoms with E-state index in [9.17, 15) is 9.18 Å². The Bertz CT molecular complexity index is 658. The maximum atomic E-state index is 13.8. The fourth-order valence-electron chi connectivity index (χ4n) is 1.57. The van der Waals surface area contributed by atoms with Crippen molar-refractivity contribution in [3.05, 3.63) is 52.8 Å². The molecule has 4 nitrogen and oxygen atoms in total. The number of halogens is 2. The van der Waals surface area contributed by atoms with E-state index in [1.807, 2.05) is 0 Å². The van der Waals surface area contributed by atoms with Gasteiger partial charge in [-0.2, -0.15) is 0 Å². The summed E-state index contributed by atoms with van der Waals surface area (Å²) < 4.78 is 24.1. The van der Waals surface area contributed by atoms with Gasteiger partial charge < -0.3 is 14.6 Å². The molecule has 0 unspecified atom stereocenters. The molecule has 0 radical (unpaired) electrons. The molecule has 0 bridgehead atoms. The molecular formula is C14H10ClFO4. The Labute approximate surface area is 119 Å². The van der Waals surface area contributed by atoms with Crippen molar-refractivity contribution in [2.45, 2.75) is 0 Å². The van der Waals surface area contributed by atoms with E-state index < -0.39 is 11.8 Å². The highest BCUT2D eigenvalue weighted by Crippen LogP contribution is 2.32. The lowest BCUT2D eigenvalue weighted by Crippen LogP contribution is -2.01. The van der Waals surface area contributed by atoms with Crippen molar-refractivity contribution in [2.75, 3.05) is 7.11 Å². The van der Waals surface area contributed by atoms with Crippen LogP contribution in [0.2, 0.25) is 5.02 Å². The van der Waals surface area contributed by atoms with Crippen LogP contribution in [0.25, 0.3) is 0 Å². The molecule has 0 atom stereocenters. The molecule has 2 aromatic carbocycles. The molecule has 2 rings (SSSR count). The number of carbonyl (C=O) groups is 1. The normalized spacial score (nSPS) is 10.2. The molecule has 0 saturated carbocycles. The maximum absolute atomic E-state index is 13.8. The zero-order valence-corrected chi connectivity index (χ0v) is 11.1. The van der Waals surface area contributed by atoms with Gasteiger partial charge in [-0.05, 0) is 24.3 Å². The summed E-state index contributed by atoms with van der Waals surface area (Å²) in [6.07, 6.45) is 0. The molecule has 0 aliphatic heterocycles. The second-order valence-electron chi connectivity index (χ2n) is 3.82. The highest BCUT2D eigenvalue weighted by molar-refractivity contribution is 6.30. The minimum Gasteiger partial charge on any atom is -0.497 e. The van der Waals surface area contributed by atoms with Gasteiger partial charge in [-0.15, -0.1) is 0 Å². The molecular weight excluding hydrogens is 287 g/mol. The minimum atomic E-state index is -1.19. The van der Waals surface area contributed by atoms with E-state index in [2.05, 4.69) is 0 Å². The van der Waals surface area contributed by atoms with E-state index in [0.29, 0.717) is 5.75 Å². The summed E-state index contributed by atoms with van der Waals surface area (Å²) in [5, 5.41) is 8.98. The van der Waals surface area contributed by atoms with Crippen LogP contribution in [-0.4, -0.2) is 18.2 Å². The van der Waals surface area contributed by atoms with Gasteiger partial charge in [0.1, 0.15) is 17.1 Å². The quantitative estimate of drug-likeness (QED) is 0.927. The van der Waals surface area contributed by atoms with Crippen LogP contribution in [0.3, 0.4) is 0 Å². The molecule has 0 aromatic heterocycles. The second-order valence-corrected chi connectivity index (χ2v) is 4.23. The third kappa shape index (κ3) is 2.83. The average molecular weight is 297 g/mol. The van der Waals surface area contributed by atoms with Gasteiger partial charge in [-0.1, -0.05) is 17.7 Å². The monoisotopic (exact) mass is 296 g/mol. The lowest BCUT2D eigenvalue weighted by atomic mass is 10.2. The fourth-order valence-corrected chi connectivity index (χ4v) is 1.74. The fraction of sp³-hybridized carbons (Fsp3) is 0.0714. The van der Waals surface area contributed by atoms with Gasteiger partial charge in [0.25, 0.3) is 0 Å². The summed E-state index contributed by atoms with van der Waals surface area (Å²) in [5.41, 5.74) is -0.106. The molecule has 0 heterocycles. The van der Waals surface area contributed by atoms with Crippen LogP contribution in [0, 0.1) is 5.82 Å². The van der Waals surface area contributed by atoms with E-state index in [1.165, 1.54) is 43.5 Å². The number of rotatable bonds is 4. The van der Waals surface area contributed by atoms with Gasteiger partial charge in [0.2, 0.25) is 0 Å². The van der Waals surface area contributed by atoms with Crippen molar-refractivity contribution in [1.29, 1.82) is 0 Å². The van der Waals surface area contributed by atoms with Gasteiger partial charge in [0.15, 0.2) is 11.6 Å². The lowest BCUT2D eigenvalue weighted by Gasteiger charge is -2.11. The Kier molecular flexibility index (Phi) is 4.10. The van der Waals surface area contributed by atoms with Crippen LogP contribution in [0.1, 0.15) is 10.4 Å². The zero-order valence-electron chi connectivity index (χ0n) is 10.4. The number of aromatic carboxylic acids is 1. The Balaban J connectivity index is 2.46. The Morgan fingerprint density at radius 3 is 2.65 bits per heavy atom. The molecule has 6 heteroatoms. The average Bonchev–Trinajstić information content (AvgIpc) is 2.43. The molecule has 0 aliphatic rings. The van der Waals surface area contributed by atoms with E-state index in [4.69, 9.17) is 26.2 Å². The highest BCUT2D eigenvalue weighted by atomic mass is 35.5. The number of methoxy groups -OCH3 is 1. The van der Waals surface area contributed by atoms with Gasteiger partial charge >= 0.3 is 5.97 Å². The van der Waals surface area contributed by atoms with Crippen LogP contribution >= 0.6 is 11.6 Å². The number of hydrogen-bond acceptors (Lipinski definition) is 3. The highest BCUT2D eigenvalue weighted by Gasteiger charge is 2.16. The predicted molar refractivity (Wildman–Crippen MR) is 71.4 cm³/mol. The molecule has 20 heavy (non-hydrogen) atoms. The smallest absolute Gasteiger partial charge is 0.339 e. The summed E-state index contributed by atoms with van der Waals surface area (Å²) in [6, 6.07) is 8.38. The first-order chi connectivity index (χ1) is 9.52. The van der Waals surface area contributed by atoms with Gasteiger partial charge in [-0.3, -0.25) is 0 Å². The number of carboxylic acids is 1. The standard InChI is InChI=1S/C14H10ClFO4/c1-19-8-5-6-9(14(17)18)12(7-8)20-11-4-2-3-10(15)13(11)16/h2-7H,1H3,(H,17,18). The molecule has 104 valence electrons. The molecule has 2 aromatic rings. The van der Waals surface area contributed by atoms with Gasteiger partial charge in [-0.25, -0.2) is 9.18 Å². The molecule has 0 fully saturated rings. The van der Waals surface area contributed by atoms with Gasteiger partial charge in [0.05, 0.1) is 12.1 Å². The largest absolute Gasteiger partial charge is 0.497 e. The maximum Gasteiger partial charge on any atom is 0.339 e. The first-order valence-electron chi connectivity index (χ1n) is 5.56. The Morgan fingerprint density at radius 1 is 1.25 bits per heavy atom. The topological polar surface area (TPSA) is 55.8 Å². The van der Waals surface area contributed by atoms with E-state index in [1.54, 1.807) is 0 Å². The van der Waals surface area contributed by atoms with Crippen molar-refractivity contribution in [1.82, 2.24) is 0 Å². The van der Waals surface area contributed by atoms with Crippen LogP contribution in [0.5, 0.6) is 17.2 Å². The summed E-state index contributed by atoms with van der Waals surface area (Å²) >= 11 is 5.64. The number of ether oxygens (including phenoxy) is 2. The predicted octanol–water partition coefficient (Wildman–Crippen LogP) is 3.98. The summed E-state index contributed by atoms with van der Waals surface area (Å²) in [6.45, 7) is 0. The molecule has 0 saturated heterocycles. The first-order valence-corrected chi connectivity index (χ1v) is 5.94. The minimum absolute atomic E-state index is 0.0296. The zero-order chi connectivity index (χ0) is 14.7. The SMILES string of the molecule is COc1ccc(C(=O)O)c(Oc2cccc(Cl)c2F)c1. The number of carboxylic acid groups (broad SMARTS) is 1. The number of hydrogen-bond donors (Lipinski definition) is 1.